The molecule has 5 nitrogen and oxygen atoms in total. The van der Waals surface area contributed by atoms with Gasteiger partial charge in [0, 0.05) is 6.54 Å². The summed E-state index contributed by atoms with van der Waals surface area (Å²) in [5.41, 5.74) is -0.478. The molecule has 1 rings (SSSR count). The van der Waals surface area contributed by atoms with Gasteiger partial charge in [0.15, 0.2) is 0 Å². The lowest BCUT2D eigenvalue weighted by molar-refractivity contribution is -0.114. The molecule has 0 spiro atoms. The molecule has 1 aliphatic heterocycles. The zero-order chi connectivity index (χ0) is 12.9. The van der Waals surface area contributed by atoms with Crippen LogP contribution < -0.4 is 0 Å². The van der Waals surface area contributed by atoms with Crippen LogP contribution in [0.15, 0.2) is 0 Å². The average molecular weight is 243 g/mol. The molecule has 1 unspecified atom stereocenters. The van der Waals surface area contributed by atoms with Gasteiger partial charge in [0.1, 0.15) is 18.5 Å². The van der Waals surface area contributed by atoms with E-state index in [1.165, 1.54) is 0 Å². The van der Waals surface area contributed by atoms with Crippen molar-refractivity contribution in [1.29, 1.82) is 0 Å². The van der Waals surface area contributed by atoms with Crippen LogP contribution in [0.1, 0.15) is 33.6 Å². The lowest BCUT2D eigenvalue weighted by Crippen LogP contribution is -2.45. The predicted molar refractivity (Wildman–Crippen MR) is 62.8 cm³/mol. The minimum Gasteiger partial charge on any atom is -0.444 e. The second-order valence-electron chi connectivity index (χ2n) is 5.19. The van der Waals surface area contributed by atoms with Crippen molar-refractivity contribution in [1.82, 2.24) is 4.90 Å². The van der Waals surface area contributed by atoms with Crippen LogP contribution in [-0.2, 0) is 14.3 Å². The van der Waals surface area contributed by atoms with Crippen molar-refractivity contribution < 1.29 is 19.1 Å². The van der Waals surface area contributed by atoms with Gasteiger partial charge in [-0.1, -0.05) is 0 Å². The van der Waals surface area contributed by atoms with Crippen LogP contribution in [0.4, 0.5) is 4.79 Å². The van der Waals surface area contributed by atoms with Crippen molar-refractivity contribution in [3.63, 3.8) is 0 Å². The van der Waals surface area contributed by atoms with E-state index in [0.717, 1.165) is 19.1 Å². The molecule has 1 amide bonds. The minimum absolute atomic E-state index is 0.0542. The fourth-order valence-corrected chi connectivity index (χ4v) is 1.74. The van der Waals surface area contributed by atoms with Crippen LogP contribution in [0, 0.1) is 0 Å². The summed E-state index contributed by atoms with van der Waals surface area (Å²) in [5.74, 6) is 0. The molecule has 1 heterocycles. The maximum absolute atomic E-state index is 11.8. The standard InChI is InChI=1S/C12H21NO4/c1-12(2,3)17-11(15)13-6-4-5-10(9-13)16-8-7-14/h7,10H,4-6,8-9H2,1-3H3. The van der Waals surface area contributed by atoms with Crippen molar-refractivity contribution in [3.8, 4) is 0 Å². The van der Waals surface area contributed by atoms with Crippen LogP contribution in [0.3, 0.4) is 0 Å². The predicted octanol–water partition coefficient (Wildman–Crippen LogP) is 1.60. The Kier molecular flexibility index (Phi) is 4.93. The summed E-state index contributed by atoms with van der Waals surface area (Å²) in [6.07, 6.45) is 2.13. The normalized spacial score (nSPS) is 21.1. The van der Waals surface area contributed by atoms with E-state index in [0.29, 0.717) is 13.1 Å². The van der Waals surface area contributed by atoms with Crippen molar-refractivity contribution >= 4 is 12.4 Å². The highest BCUT2D eigenvalue weighted by atomic mass is 16.6. The van der Waals surface area contributed by atoms with Crippen LogP contribution in [0.5, 0.6) is 0 Å². The van der Waals surface area contributed by atoms with Gasteiger partial charge in [-0.3, -0.25) is 0 Å². The van der Waals surface area contributed by atoms with Crippen molar-refractivity contribution in [2.75, 3.05) is 19.7 Å². The van der Waals surface area contributed by atoms with Crippen LogP contribution in [0.25, 0.3) is 0 Å². The fraction of sp³-hybridized carbons (Fsp3) is 0.833. The molecule has 17 heavy (non-hydrogen) atoms. The monoisotopic (exact) mass is 243 g/mol. The highest BCUT2D eigenvalue weighted by molar-refractivity contribution is 5.68. The van der Waals surface area contributed by atoms with E-state index in [4.69, 9.17) is 9.47 Å². The number of hydrogen-bond acceptors (Lipinski definition) is 4. The summed E-state index contributed by atoms with van der Waals surface area (Å²) in [7, 11) is 0. The number of carbonyl (C=O) groups is 2. The number of ether oxygens (including phenoxy) is 2. The van der Waals surface area contributed by atoms with E-state index >= 15 is 0 Å². The molecule has 5 heteroatoms. The summed E-state index contributed by atoms with van der Waals surface area (Å²) in [6, 6.07) is 0. The molecule has 1 atom stereocenters. The number of amides is 1. The van der Waals surface area contributed by atoms with Gasteiger partial charge < -0.3 is 19.2 Å². The highest BCUT2D eigenvalue weighted by Crippen LogP contribution is 2.16. The fourth-order valence-electron chi connectivity index (χ4n) is 1.74. The second-order valence-corrected chi connectivity index (χ2v) is 5.19. The first-order chi connectivity index (χ1) is 7.92. The third kappa shape index (κ3) is 5.17. The van der Waals surface area contributed by atoms with Crippen LogP contribution in [-0.4, -0.2) is 48.7 Å². The van der Waals surface area contributed by atoms with Gasteiger partial charge in [-0.05, 0) is 33.6 Å². The summed E-state index contributed by atoms with van der Waals surface area (Å²) < 4.78 is 10.6. The van der Waals surface area contributed by atoms with Gasteiger partial charge in [-0.15, -0.1) is 0 Å². The van der Waals surface area contributed by atoms with E-state index < -0.39 is 5.60 Å². The average Bonchev–Trinajstić information content (AvgIpc) is 2.24. The second kappa shape index (κ2) is 6.00. The molecule has 0 aromatic rings. The summed E-state index contributed by atoms with van der Waals surface area (Å²) in [4.78, 5) is 23.7. The Morgan fingerprint density at radius 2 is 2.18 bits per heavy atom. The van der Waals surface area contributed by atoms with Crippen molar-refractivity contribution in [2.24, 2.45) is 0 Å². The van der Waals surface area contributed by atoms with E-state index in [2.05, 4.69) is 0 Å². The number of rotatable bonds is 3. The summed E-state index contributed by atoms with van der Waals surface area (Å²) in [6.45, 7) is 6.81. The lowest BCUT2D eigenvalue weighted by Gasteiger charge is -2.33. The molecule has 0 aromatic heterocycles. The Morgan fingerprint density at radius 1 is 1.47 bits per heavy atom. The Hall–Kier alpha value is -1.10. The molecule has 0 N–H and O–H groups in total. The van der Waals surface area contributed by atoms with Gasteiger partial charge in [-0.2, -0.15) is 0 Å². The van der Waals surface area contributed by atoms with E-state index in [1.54, 1.807) is 4.90 Å². The Labute approximate surface area is 102 Å². The maximum Gasteiger partial charge on any atom is 0.410 e. The molecule has 1 fully saturated rings. The van der Waals surface area contributed by atoms with Gasteiger partial charge in [-0.25, -0.2) is 4.79 Å². The van der Waals surface area contributed by atoms with Crippen molar-refractivity contribution in [3.05, 3.63) is 0 Å². The number of nitrogens with zero attached hydrogens (tertiary/aromatic N) is 1. The van der Waals surface area contributed by atoms with Crippen LogP contribution in [0.2, 0.25) is 0 Å². The zero-order valence-electron chi connectivity index (χ0n) is 10.8. The molecule has 0 aromatic carbocycles. The number of likely N-dealkylation sites (tertiary alicyclic amines) is 1. The third-order valence-electron chi connectivity index (χ3n) is 2.43. The number of piperidine rings is 1. The van der Waals surface area contributed by atoms with Gasteiger partial charge in [0.2, 0.25) is 0 Å². The molecule has 1 aliphatic rings. The number of aldehydes is 1. The molecule has 98 valence electrons. The molecular weight excluding hydrogens is 222 g/mol. The van der Waals surface area contributed by atoms with E-state index in [9.17, 15) is 9.59 Å². The number of carbonyl (C=O) groups excluding carboxylic acids is 2. The first-order valence-electron chi connectivity index (χ1n) is 5.95. The minimum atomic E-state index is -0.478. The topological polar surface area (TPSA) is 55.8 Å². The number of hydrogen-bond donors (Lipinski definition) is 0. The molecule has 0 aliphatic carbocycles. The Balaban J connectivity index is 2.43. The zero-order valence-corrected chi connectivity index (χ0v) is 10.8. The largest absolute Gasteiger partial charge is 0.444 e. The third-order valence-corrected chi connectivity index (χ3v) is 2.43. The maximum atomic E-state index is 11.8. The molecule has 0 radical (unpaired) electrons. The first kappa shape index (κ1) is 14.0. The summed E-state index contributed by atoms with van der Waals surface area (Å²) >= 11 is 0. The quantitative estimate of drug-likeness (QED) is 0.706. The van der Waals surface area contributed by atoms with Gasteiger partial charge in [0.05, 0.1) is 12.6 Å². The lowest BCUT2D eigenvalue weighted by atomic mass is 10.1. The molecule has 0 saturated carbocycles. The highest BCUT2D eigenvalue weighted by Gasteiger charge is 2.27. The van der Waals surface area contributed by atoms with E-state index in [-0.39, 0.29) is 18.8 Å². The van der Waals surface area contributed by atoms with Gasteiger partial charge in [0.25, 0.3) is 0 Å². The summed E-state index contributed by atoms with van der Waals surface area (Å²) in [5, 5.41) is 0. The SMILES string of the molecule is CC(C)(C)OC(=O)N1CCCC(OCC=O)C1. The first-order valence-corrected chi connectivity index (χ1v) is 5.95. The Bertz CT molecular complexity index is 272. The Morgan fingerprint density at radius 3 is 2.76 bits per heavy atom. The smallest absolute Gasteiger partial charge is 0.410 e. The van der Waals surface area contributed by atoms with Crippen LogP contribution >= 0.6 is 0 Å². The van der Waals surface area contributed by atoms with Crippen molar-refractivity contribution in [2.45, 2.75) is 45.3 Å². The molecule has 0 bridgehead atoms. The molecule has 1 saturated heterocycles. The van der Waals surface area contributed by atoms with E-state index in [1.807, 2.05) is 20.8 Å². The molecular formula is C12H21NO4. The van der Waals surface area contributed by atoms with Gasteiger partial charge >= 0.3 is 6.09 Å².